The van der Waals surface area contributed by atoms with Crippen LogP contribution in [0.4, 0.5) is 22.0 Å². The Bertz CT molecular complexity index is 648. The molecule has 1 heterocycles. The monoisotopic (exact) mass is 290 g/mol. The number of rotatable bonds is 3. The van der Waals surface area contributed by atoms with E-state index < -0.39 is 29.2 Å². The van der Waals surface area contributed by atoms with E-state index in [1.807, 2.05) is 0 Å². The highest BCUT2D eigenvalue weighted by Gasteiger charge is 2.39. The van der Waals surface area contributed by atoms with Gasteiger partial charge in [0.15, 0.2) is 0 Å². The SMILES string of the molecule is O=C(c1cnn(Cc2cc(F)ccc2F)c1)C(F)(F)F. The van der Waals surface area contributed by atoms with Gasteiger partial charge < -0.3 is 0 Å². The molecule has 0 N–H and O–H groups in total. The Morgan fingerprint density at radius 3 is 2.60 bits per heavy atom. The minimum Gasteiger partial charge on any atom is -0.284 e. The molecule has 0 saturated carbocycles. The van der Waals surface area contributed by atoms with Crippen molar-refractivity contribution in [2.24, 2.45) is 0 Å². The maximum absolute atomic E-state index is 13.4. The summed E-state index contributed by atoms with van der Waals surface area (Å²) in [5.41, 5.74) is -0.742. The highest BCUT2D eigenvalue weighted by atomic mass is 19.4. The molecular formula is C12H7F5N2O. The van der Waals surface area contributed by atoms with Crippen LogP contribution in [0.25, 0.3) is 0 Å². The molecule has 2 rings (SSSR count). The Balaban J connectivity index is 2.22. The third kappa shape index (κ3) is 3.01. The van der Waals surface area contributed by atoms with Gasteiger partial charge in [-0.2, -0.15) is 18.3 Å². The molecule has 0 aliphatic carbocycles. The summed E-state index contributed by atoms with van der Waals surface area (Å²) in [5.74, 6) is -3.44. The first kappa shape index (κ1) is 14.2. The van der Waals surface area contributed by atoms with Crippen molar-refractivity contribution in [1.82, 2.24) is 9.78 Å². The van der Waals surface area contributed by atoms with E-state index in [4.69, 9.17) is 0 Å². The van der Waals surface area contributed by atoms with E-state index in [1.165, 1.54) is 0 Å². The Morgan fingerprint density at radius 2 is 1.95 bits per heavy atom. The van der Waals surface area contributed by atoms with Crippen LogP contribution in [0.15, 0.2) is 30.6 Å². The second-order valence-corrected chi connectivity index (χ2v) is 3.99. The first-order valence-electron chi connectivity index (χ1n) is 5.35. The van der Waals surface area contributed by atoms with Gasteiger partial charge in [-0.15, -0.1) is 0 Å². The van der Waals surface area contributed by atoms with Gasteiger partial charge >= 0.3 is 6.18 Å². The lowest BCUT2D eigenvalue weighted by Gasteiger charge is -2.04. The summed E-state index contributed by atoms with van der Waals surface area (Å²) in [6, 6.07) is 2.72. The van der Waals surface area contributed by atoms with E-state index in [0.29, 0.717) is 0 Å². The van der Waals surface area contributed by atoms with E-state index in [9.17, 15) is 26.7 Å². The zero-order chi connectivity index (χ0) is 14.9. The Kier molecular flexibility index (Phi) is 3.56. The largest absolute Gasteiger partial charge is 0.454 e. The van der Waals surface area contributed by atoms with Gasteiger partial charge in [0.25, 0.3) is 5.78 Å². The van der Waals surface area contributed by atoms with Crippen LogP contribution in [0.2, 0.25) is 0 Å². The number of carbonyl (C=O) groups is 1. The number of hydrogen-bond donors (Lipinski definition) is 0. The highest BCUT2D eigenvalue weighted by Crippen LogP contribution is 2.21. The average Bonchev–Trinajstić information content (AvgIpc) is 2.80. The van der Waals surface area contributed by atoms with Crippen molar-refractivity contribution in [2.45, 2.75) is 12.7 Å². The van der Waals surface area contributed by atoms with Crippen LogP contribution in [0.5, 0.6) is 0 Å². The molecule has 0 saturated heterocycles. The number of hydrogen-bond acceptors (Lipinski definition) is 2. The van der Waals surface area contributed by atoms with Crippen molar-refractivity contribution in [2.75, 3.05) is 0 Å². The van der Waals surface area contributed by atoms with Crippen LogP contribution in [0, 0.1) is 11.6 Å². The van der Waals surface area contributed by atoms with E-state index >= 15 is 0 Å². The molecule has 0 atom stereocenters. The maximum atomic E-state index is 13.4. The second kappa shape index (κ2) is 5.03. The van der Waals surface area contributed by atoms with E-state index in [-0.39, 0.29) is 12.1 Å². The minimum atomic E-state index is -5.00. The standard InChI is InChI=1S/C12H7F5N2O/c13-9-1-2-10(14)7(3-9)5-19-6-8(4-18-19)11(20)12(15,16)17/h1-4,6H,5H2. The van der Waals surface area contributed by atoms with E-state index in [0.717, 1.165) is 35.3 Å². The van der Waals surface area contributed by atoms with Crippen molar-refractivity contribution < 1.29 is 26.7 Å². The third-order valence-corrected chi connectivity index (χ3v) is 2.49. The zero-order valence-electron chi connectivity index (χ0n) is 9.79. The summed E-state index contributed by atoms with van der Waals surface area (Å²) < 4.78 is 63.8. The van der Waals surface area contributed by atoms with Gasteiger partial charge in [0.2, 0.25) is 0 Å². The van der Waals surface area contributed by atoms with Crippen LogP contribution in [-0.4, -0.2) is 21.7 Å². The number of ketones is 1. The molecular weight excluding hydrogens is 283 g/mol. The van der Waals surface area contributed by atoms with Gasteiger partial charge in [-0.1, -0.05) is 0 Å². The van der Waals surface area contributed by atoms with Gasteiger partial charge in [-0.25, -0.2) is 8.78 Å². The molecule has 0 aliphatic heterocycles. The molecule has 0 amide bonds. The minimum absolute atomic E-state index is 0.0842. The molecule has 1 aromatic heterocycles. The summed E-state index contributed by atoms with van der Waals surface area (Å²) in [6.07, 6.45) is -3.44. The molecule has 106 valence electrons. The van der Waals surface area contributed by atoms with E-state index in [1.54, 1.807) is 0 Å². The number of halogens is 5. The maximum Gasteiger partial charge on any atom is 0.454 e. The Morgan fingerprint density at radius 1 is 1.25 bits per heavy atom. The van der Waals surface area contributed by atoms with Crippen LogP contribution in [-0.2, 0) is 6.54 Å². The van der Waals surface area contributed by atoms with Gasteiger partial charge in [-0.3, -0.25) is 9.48 Å². The van der Waals surface area contributed by atoms with Gasteiger partial charge in [-0.05, 0) is 18.2 Å². The molecule has 0 unspecified atom stereocenters. The molecule has 0 aliphatic rings. The number of aromatic nitrogens is 2. The average molecular weight is 290 g/mol. The van der Waals surface area contributed by atoms with Crippen LogP contribution < -0.4 is 0 Å². The molecule has 20 heavy (non-hydrogen) atoms. The third-order valence-electron chi connectivity index (χ3n) is 2.49. The van der Waals surface area contributed by atoms with Crippen LogP contribution >= 0.6 is 0 Å². The lowest BCUT2D eigenvalue weighted by molar-refractivity contribution is -0.0885. The zero-order valence-corrected chi connectivity index (χ0v) is 9.79. The van der Waals surface area contributed by atoms with Crippen LogP contribution in [0.1, 0.15) is 15.9 Å². The summed E-state index contributed by atoms with van der Waals surface area (Å²) >= 11 is 0. The van der Waals surface area contributed by atoms with E-state index in [2.05, 4.69) is 5.10 Å². The lowest BCUT2D eigenvalue weighted by Crippen LogP contribution is -2.22. The molecule has 0 radical (unpaired) electrons. The summed E-state index contributed by atoms with van der Waals surface area (Å²) in [4.78, 5) is 10.9. The number of Topliss-reactive ketones (excluding diaryl/α,β-unsaturated/α-hetero) is 1. The molecule has 3 nitrogen and oxygen atoms in total. The number of carbonyl (C=O) groups excluding carboxylic acids is 1. The quantitative estimate of drug-likeness (QED) is 0.643. The summed E-state index contributed by atoms with van der Waals surface area (Å²) in [6.45, 7) is -0.283. The normalized spacial score (nSPS) is 11.7. The lowest BCUT2D eigenvalue weighted by atomic mass is 10.2. The van der Waals surface area contributed by atoms with Crippen molar-refractivity contribution in [1.29, 1.82) is 0 Å². The fourth-order valence-corrected chi connectivity index (χ4v) is 1.57. The summed E-state index contributed by atoms with van der Waals surface area (Å²) in [5, 5.41) is 3.52. The molecule has 0 fully saturated rings. The molecule has 2 aromatic rings. The van der Waals surface area contributed by atoms with Gasteiger partial charge in [0.1, 0.15) is 11.6 Å². The van der Waals surface area contributed by atoms with Crippen molar-refractivity contribution in [3.05, 3.63) is 53.4 Å². The predicted octanol–water partition coefficient (Wildman–Crippen LogP) is 2.95. The number of alkyl halides is 3. The second-order valence-electron chi connectivity index (χ2n) is 3.99. The fraction of sp³-hybridized carbons (Fsp3) is 0.167. The van der Waals surface area contributed by atoms with Gasteiger partial charge in [0.05, 0.1) is 18.3 Å². The highest BCUT2D eigenvalue weighted by molar-refractivity contribution is 5.99. The van der Waals surface area contributed by atoms with Crippen molar-refractivity contribution in [3.8, 4) is 0 Å². The first-order chi connectivity index (χ1) is 9.27. The predicted molar refractivity (Wildman–Crippen MR) is 58.1 cm³/mol. The Labute approximate surface area is 109 Å². The molecule has 1 aromatic carbocycles. The first-order valence-corrected chi connectivity index (χ1v) is 5.35. The number of nitrogens with zero attached hydrogens (tertiary/aromatic N) is 2. The van der Waals surface area contributed by atoms with Crippen molar-refractivity contribution in [3.63, 3.8) is 0 Å². The number of benzene rings is 1. The van der Waals surface area contributed by atoms with Crippen LogP contribution in [0.3, 0.4) is 0 Å². The fourth-order valence-electron chi connectivity index (χ4n) is 1.57. The molecule has 0 spiro atoms. The smallest absolute Gasteiger partial charge is 0.284 e. The van der Waals surface area contributed by atoms with Crippen molar-refractivity contribution >= 4 is 5.78 Å². The Hall–Kier alpha value is -2.25. The summed E-state index contributed by atoms with van der Waals surface area (Å²) in [7, 11) is 0. The van der Waals surface area contributed by atoms with Gasteiger partial charge in [0, 0.05) is 11.8 Å². The topological polar surface area (TPSA) is 34.9 Å². The molecule has 0 bridgehead atoms. The molecule has 8 heteroatoms.